The summed E-state index contributed by atoms with van der Waals surface area (Å²) in [6, 6.07) is 14.7. The Bertz CT molecular complexity index is 1130. The SMILES string of the molecule is Cc1ccc(C(=O)N2CCN(c3c(C)nn(-c4ccccc4)c3C)CC2)cc1[N+](=O)[O-]. The molecule has 0 saturated carbocycles. The van der Waals surface area contributed by atoms with Gasteiger partial charge in [-0.2, -0.15) is 5.10 Å². The number of benzene rings is 2. The summed E-state index contributed by atoms with van der Waals surface area (Å²) in [6.45, 7) is 8.21. The van der Waals surface area contributed by atoms with Crippen LogP contribution in [0.15, 0.2) is 48.5 Å². The quantitative estimate of drug-likeness (QED) is 0.476. The van der Waals surface area contributed by atoms with E-state index in [0.717, 1.165) is 22.8 Å². The molecule has 0 spiro atoms. The Hall–Kier alpha value is -3.68. The Kier molecular flexibility index (Phi) is 5.46. The first-order valence-electron chi connectivity index (χ1n) is 10.3. The average Bonchev–Trinajstić information content (AvgIpc) is 3.08. The zero-order chi connectivity index (χ0) is 22.1. The molecule has 3 aromatic rings. The zero-order valence-corrected chi connectivity index (χ0v) is 17.9. The van der Waals surface area contributed by atoms with E-state index >= 15 is 0 Å². The molecule has 1 fully saturated rings. The maximum atomic E-state index is 12.9. The van der Waals surface area contributed by atoms with Crippen molar-refractivity contribution in [3.05, 3.63) is 81.2 Å². The third kappa shape index (κ3) is 3.88. The molecule has 1 amide bonds. The van der Waals surface area contributed by atoms with Crippen LogP contribution < -0.4 is 4.90 Å². The molecule has 2 aromatic carbocycles. The lowest BCUT2D eigenvalue weighted by atomic mass is 10.1. The summed E-state index contributed by atoms with van der Waals surface area (Å²) < 4.78 is 1.95. The van der Waals surface area contributed by atoms with Gasteiger partial charge < -0.3 is 9.80 Å². The highest BCUT2D eigenvalue weighted by atomic mass is 16.6. The minimum atomic E-state index is -0.444. The summed E-state index contributed by atoms with van der Waals surface area (Å²) in [5.41, 5.74) is 5.02. The number of anilines is 1. The Morgan fingerprint density at radius 1 is 1.00 bits per heavy atom. The molecule has 160 valence electrons. The number of carbonyl (C=O) groups excluding carboxylic acids is 1. The summed E-state index contributed by atoms with van der Waals surface area (Å²) in [5, 5.41) is 15.9. The third-order valence-corrected chi connectivity index (χ3v) is 5.79. The van der Waals surface area contributed by atoms with Crippen molar-refractivity contribution in [3.63, 3.8) is 0 Å². The molecule has 0 bridgehead atoms. The fraction of sp³-hybridized carbons (Fsp3) is 0.304. The van der Waals surface area contributed by atoms with Crippen LogP contribution in [0.4, 0.5) is 11.4 Å². The van der Waals surface area contributed by atoms with Crippen LogP contribution in [0.25, 0.3) is 5.69 Å². The van der Waals surface area contributed by atoms with Crippen LogP contribution in [0.1, 0.15) is 27.3 Å². The maximum Gasteiger partial charge on any atom is 0.273 e. The Labute approximate surface area is 180 Å². The van der Waals surface area contributed by atoms with Gasteiger partial charge in [-0.3, -0.25) is 14.9 Å². The van der Waals surface area contributed by atoms with Gasteiger partial charge in [0.1, 0.15) is 0 Å². The number of aryl methyl sites for hydroxylation is 2. The maximum absolute atomic E-state index is 12.9. The smallest absolute Gasteiger partial charge is 0.273 e. The van der Waals surface area contributed by atoms with Gasteiger partial charge in [0, 0.05) is 43.4 Å². The van der Waals surface area contributed by atoms with Gasteiger partial charge in [0.05, 0.1) is 27.7 Å². The number of nitro groups is 1. The Morgan fingerprint density at radius 2 is 1.68 bits per heavy atom. The largest absolute Gasteiger partial charge is 0.365 e. The van der Waals surface area contributed by atoms with Crippen molar-refractivity contribution in [2.75, 3.05) is 31.1 Å². The molecule has 8 nitrogen and oxygen atoms in total. The van der Waals surface area contributed by atoms with Crippen molar-refractivity contribution in [3.8, 4) is 5.69 Å². The molecule has 0 aliphatic carbocycles. The van der Waals surface area contributed by atoms with E-state index in [2.05, 4.69) is 11.8 Å². The van der Waals surface area contributed by atoms with Crippen molar-refractivity contribution in [2.24, 2.45) is 0 Å². The van der Waals surface area contributed by atoms with Crippen molar-refractivity contribution >= 4 is 17.3 Å². The van der Waals surface area contributed by atoms with Gasteiger partial charge in [-0.1, -0.05) is 24.3 Å². The molecule has 1 aliphatic rings. The van der Waals surface area contributed by atoms with Gasteiger partial charge in [-0.15, -0.1) is 0 Å². The van der Waals surface area contributed by atoms with Crippen LogP contribution in [0, 0.1) is 30.9 Å². The average molecular weight is 419 g/mol. The van der Waals surface area contributed by atoms with Crippen LogP contribution in [0.3, 0.4) is 0 Å². The number of piperazine rings is 1. The van der Waals surface area contributed by atoms with E-state index in [1.807, 2.05) is 41.9 Å². The number of rotatable bonds is 4. The van der Waals surface area contributed by atoms with Gasteiger partial charge in [-0.25, -0.2) is 4.68 Å². The highest BCUT2D eigenvalue weighted by Crippen LogP contribution is 2.28. The molecule has 1 aliphatic heterocycles. The fourth-order valence-corrected chi connectivity index (χ4v) is 4.17. The highest BCUT2D eigenvalue weighted by Gasteiger charge is 2.27. The summed E-state index contributed by atoms with van der Waals surface area (Å²) in [6.07, 6.45) is 0. The fourth-order valence-electron chi connectivity index (χ4n) is 4.17. The van der Waals surface area contributed by atoms with Gasteiger partial charge in [-0.05, 0) is 39.0 Å². The lowest BCUT2D eigenvalue weighted by Gasteiger charge is -2.36. The van der Waals surface area contributed by atoms with Crippen molar-refractivity contribution < 1.29 is 9.72 Å². The molecule has 31 heavy (non-hydrogen) atoms. The minimum Gasteiger partial charge on any atom is -0.365 e. The molecule has 2 heterocycles. The second kappa shape index (κ2) is 8.22. The van der Waals surface area contributed by atoms with E-state index in [1.54, 1.807) is 24.0 Å². The number of hydrogen-bond acceptors (Lipinski definition) is 5. The topological polar surface area (TPSA) is 84.5 Å². The van der Waals surface area contributed by atoms with E-state index in [0.29, 0.717) is 37.3 Å². The van der Waals surface area contributed by atoms with E-state index in [4.69, 9.17) is 5.10 Å². The summed E-state index contributed by atoms with van der Waals surface area (Å²) in [5.74, 6) is -0.170. The predicted octanol–water partition coefficient (Wildman–Crippen LogP) is 3.67. The van der Waals surface area contributed by atoms with E-state index in [9.17, 15) is 14.9 Å². The van der Waals surface area contributed by atoms with Crippen molar-refractivity contribution in [2.45, 2.75) is 20.8 Å². The molecule has 0 radical (unpaired) electrons. The zero-order valence-electron chi connectivity index (χ0n) is 17.9. The third-order valence-electron chi connectivity index (χ3n) is 5.79. The number of hydrogen-bond donors (Lipinski definition) is 0. The van der Waals surface area contributed by atoms with Crippen LogP contribution in [0.5, 0.6) is 0 Å². The van der Waals surface area contributed by atoms with Crippen molar-refractivity contribution in [1.29, 1.82) is 0 Å². The van der Waals surface area contributed by atoms with Crippen molar-refractivity contribution in [1.82, 2.24) is 14.7 Å². The van der Waals surface area contributed by atoms with Crippen LogP contribution in [-0.4, -0.2) is 51.7 Å². The number of nitrogens with zero attached hydrogens (tertiary/aromatic N) is 5. The molecular formula is C23H25N5O3. The monoisotopic (exact) mass is 419 g/mol. The second-order valence-electron chi connectivity index (χ2n) is 7.80. The molecule has 1 aromatic heterocycles. The molecule has 8 heteroatoms. The number of carbonyl (C=O) groups is 1. The highest BCUT2D eigenvalue weighted by molar-refractivity contribution is 5.95. The summed E-state index contributed by atoms with van der Waals surface area (Å²) >= 11 is 0. The molecule has 0 atom stereocenters. The van der Waals surface area contributed by atoms with Crippen LogP contribution in [0.2, 0.25) is 0 Å². The molecule has 0 N–H and O–H groups in total. The standard InChI is InChI=1S/C23H25N5O3/c1-16-9-10-19(15-21(16)28(30)31)23(29)26-13-11-25(12-14-26)22-17(2)24-27(18(22)3)20-7-5-4-6-8-20/h4-10,15H,11-14H2,1-3H3. The Morgan fingerprint density at radius 3 is 2.32 bits per heavy atom. The number of amides is 1. The minimum absolute atomic E-state index is 0.0240. The van der Waals surface area contributed by atoms with Gasteiger partial charge in [0.2, 0.25) is 0 Å². The van der Waals surface area contributed by atoms with Crippen LogP contribution >= 0.6 is 0 Å². The number of aromatic nitrogens is 2. The van der Waals surface area contributed by atoms with Crippen LogP contribution in [-0.2, 0) is 0 Å². The van der Waals surface area contributed by atoms with Gasteiger partial charge in [0.15, 0.2) is 0 Å². The summed E-state index contributed by atoms with van der Waals surface area (Å²) in [4.78, 5) is 27.7. The van der Waals surface area contributed by atoms with E-state index in [-0.39, 0.29) is 11.6 Å². The lowest BCUT2D eigenvalue weighted by molar-refractivity contribution is -0.385. The second-order valence-corrected chi connectivity index (χ2v) is 7.80. The molecule has 4 rings (SSSR count). The first-order chi connectivity index (χ1) is 14.9. The van der Waals surface area contributed by atoms with E-state index < -0.39 is 4.92 Å². The number of nitro benzene ring substituents is 1. The van der Waals surface area contributed by atoms with Gasteiger partial charge >= 0.3 is 0 Å². The lowest BCUT2D eigenvalue weighted by Crippen LogP contribution is -2.49. The Balaban J connectivity index is 1.50. The van der Waals surface area contributed by atoms with E-state index in [1.165, 1.54) is 6.07 Å². The molecular weight excluding hydrogens is 394 g/mol. The first-order valence-corrected chi connectivity index (χ1v) is 10.3. The molecule has 1 saturated heterocycles. The van der Waals surface area contributed by atoms with Gasteiger partial charge in [0.25, 0.3) is 11.6 Å². The molecule has 0 unspecified atom stereocenters. The number of para-hydroxylation sites is 1. The summed E-state index contributed by atoms with van der Waals surface area (Å²) in [7, 11) is 0. The normalized spacial score (nSPS) is 14.0. The first kappa shape index (κ1) is 20.6. The predicted molar refractivity (Wildman–Crippen MR) is 119 cm³/mol.